The molecule has 3 atom stereocenters. The molecule has 3 saturated heterocycles. The molecular weight excluding hydrogens is 526 g/mol. The molecule has 7 rings (SSSR count). The van der Waals surface area contributed by atoms with Crippen LogP contribution in [0.5, 0.6) is 6.01 Å². The number of aryl methyl sites for hydroxylation is 1. The van der Waals surface area contributed by atoms with Crippen molar-refractivity contribution < 1.29 is 18.3 Å². The second-order valence-corrected chi connectivity index (χ2v) is 11.7. The normalized spacial score (nSPS) is 23.8. The first-order valence-electron chi connectivity index (χ1n) is 14.6. The maximum atomic E-state index is 16.5. The first kappa shape index (κ1) is 26.3. The molecule has 1 amide bonds. The first-order chi connectivity index (χ1) is 19.9. The Morgan fingerprint density at radius 2 is 1.98 bits per heavy atom. The minimum atomic E-state index is -0.953. The number of hydrogen-bond donors (Lipinski definition) is 0. The first-order valence-corrected chi connectivity index (χ1v) is 14.6. The van der Waals surface area contributed by atoms with Crippen LogP contribution in [0.25, 0.3) is 22.2 Å². The topological polar surface area (TPSA) is 74.7 Å². The highest BCUT2D eigenvalue weighted by Crippen LogP contribution is 2.41. The number of carbonyl (C=O) groups excluding carboxylic acids is 1. The molecule has 0 bridgehead atoms. The van der Waals surface area contributed by atoms with Crippen LogP contribution in [0.15, 0.2) is 36.8 Å². The Balaban J connectivity index is 1.28. The zero-order valence-electron chi connectivity index (χ0n) is 23.3. The van der Waals surface area contributed by atoms with E-state index >= 15 is 4.39 Å². The predicted octanol–water partition coefficient (Wildman–Crippen LogP) is 4.46. The van der Waals surface area contributed by atoms with Crippen molar-refractivity contribution in [2.75, 3.05) is 38.2 Å². The van der Waals surface area contributed by atoms with Crippen molar-refractivity contribution >= 4 is 22.6 Å². The molecule has 0 N–H and O–H groups in total. The summed E-state index contributed by atoms with van der Waals surface area (Å²) in [6, 6.07) is 6.21. The van der Waals surface area contributed by atoms with Gasteiger partial charge in [0.1, 0.15) is 23.6 Å². The van der Waals surface area contributed by atoms with Gasteiger partial charge in [-0.15, -0.1) is 0 Å². The van der Waals surface area contributed by atoms with Gasteiger partial charge in [0.05, 0.1) is 17.5 Å². The predicted molar refractivity (Wildman–Crippen MR) is 152 cm³/mol. The van der Waals surface area contributed by atoms with Gasteiger partial charge in [-0.1, -0.05) is 24.8 Å². The van der Waals surface area contributed by atoms with Crippen LogP contribution < -0.4 is 9.64 Å². The fraction of sp³-hybridized carbons (Fsp3) is 0.484. The number of benzene rings is 1. The minimum absolute atomic E-state index is 0.0610. The van der Waals surface area contributed by atoms with Crippen molar-refractivity contribution in [2.24, 2.45) is 0 Å². The summed E-state index contributed by atoms with van der Waals surface area (Å²) >= 11 is 0. The van der Waals surface area contributed by atoms with E-state index in [1.807, 2.05) is 17.0 Å². The zero-order chi connectivity index (χ0) is 28.2. The molecule has 41 heavy (non-hydrogen) atoms. The van der Waals surface area contributed by atoms with Crippen LogP contribution in [0.2, 0.25) is 0 Å². The summed E-state index contributed by atoms with van der Waals surface area (Å²) in [6.45, 7) is 5.50. The van der Waals surface area contributed by atoms with Crippen molar-refractivity contribution in [3.8, 4) is 17.3 Å². The standard InChI is InChI=1S/C31H34F2N6O2/c1-18(32)30(40)38-14-12-24-25(38)16-39(24)29-23-15-34-27(22-11-5-8-19-7-3-4-10-21(19)22)26(33)28(23)35-31(36-29)41-17-20-9-6-13-37(20)2/h5,8,11,15,20,24-25H,1,3-4,6-7,9-10,12-14,16-17H2,2H3/t20?,24-,25-/m1/s1. The molecule has 10 heteroatoms. The number of amides is 1. The van der Waals surface area contributed by atoms with Gasteiger partial charge in [-0.3, -0.25) is 9.78 Å². The van der Waals surface area contributed by atoms with Crippen LogP contribution in [0, 0.1) is 5.82 Å². The Bertz CT molecular complexity index is 1550. The lowest BCUT2D eigenvalue weighted by Gasteiger charge is -2.47. The van der Waals surface area contributed by atoms with Crippen LogP contribution in [-0.4, -0.2) is 82.1 Å². The average molecular weight is 561 g/mol. The van der Waals surface area contributed by atoms with Crippen LogP contribution in [0.1, 0.15) is 43.2 Å². The van der Waals surface area contributed by atoms with Crippen LogP contribution in [-0.2, 0) is 17.6 Å². The molecule has 8 nitrogen and oxygen atoms in total. The molecule has 3 aromatic rings. The van der Waals surface area contributed by atoms with Gasteiger partial charge in [-0.2, -0.15) is 9.97 Å². The Kier molecular flexibility index (Phi) is 6.60. The molecule has 1 aliphatic carbocycles. The van der Waals surface area contributed by atoms with Crippen molar-refractivity contribution in [1.29, 1.82) is 0 Å². The van der Waals surface area contributed by atoms with Gasteiger partial charge >= 0.3 is 6.01 Å². The van der Waals surface area contributed by atoms with Gasteiger partial charge in [0.25, 0.3) is 5.91 Å². The van der Waals surface area contributed by atoms with Crippen molar-refractivity contribution in [2.45, 2.75) is 63.1 Å². The van der Waals surface area contributed by atoms with E-state index in [2.05, 4.69) is 34.6 Å². The molecule has 0 saturated carbocycles. The summed E-state index contributed by atoms with van der Waals surface area (Å²) in [6.07, 6.45) is 8.56. The van der Waals surface area contributed by atoms with Crippen molar-refractivity contribution in [1.82, 2.24) is 24.8 Å². The summed E-state index contributed by atoms with van der Waals surface area (Å²) < 4.78 is 36.2. The molecular formula is C31H34F2N6O2. The van der Waals surface area contributed by atoms with Crippen molar-refractivity contribution in [3.63, 3.8) is 0 Å². The minimum Gasteiger partial charge on any atom is -0.462 e. The van der Waals surface area contributed by atoms with E-state index in [9.17, 15) is 9.18 Å². The van der Waals surface area contributed by atoms with Gasteiger partial charge in [-0.25, -0.2) is 8.78 Å². The molecule has 2 aromatic heterocycles. The van der Waals surface area contributed by atoms with Gasteiger partial charge in [0, 0.05) is 30.9 Å². The largest absolute Gasteiger partial charge is 0.462 e. The number of halogens is 2. The second-order valence-electron chi connectivity index (χ2n) is 11.7. The third-order valence-corrected chi connectivity index (χ3v) is 9.43. The van der Waals surface area contributed by atoms with E-state index < -0.39 is 17.6 Å². The Morgan fingerprint density at radius 1 is 1.12 bits per heavy atom. The van der Waals surface area contributed by atoms with E-state index in [1.165, 1.54) is 10.5 Å². The fourth-order valence-electron chi connectivity index (χ4n) is 7.13. The lowest BCUT2D eigenvalue weighted by molar-refractivity contribution is -0.130. The quantitative estimate of drug-likeness (QED) is 0.413. The smallest absolute Gasteiger partial charge is 0.319 e. The molecule has 3 aliphatic heterocycles. The Hall–Kier alpha value is -3.66. The molecule has 1 aromatic carbocycles. The number of ether oxygens (including phenoxy) is 1. The summed E-state index contributed by atoms with van der Waals surface area (Å²) in [7, 11) is 2.07. The van der Waals surface area contributed by atoms with Gasteiger partial charge in [0.15, 0.2) is 11.6 Å². The summed E-state index contributed by atoms with van der Waals surface area (Å²) in [5, 5.41) is 0.500. The lowest BCUT2D eigenvalue weighted by atomic mass is 9.87. The fourth-order valence-corrected chi connectivity index (χ4v) is 7.13. The molecule has 0 spiro atoms. The highest BCUT2D eigenvalue weighted by molar-refractivity contribution is 5.94. The Labute approximate surface area is 238 Å². The molecule has 1 unspecified atom stereocenters. The number of aromatic nitrogens is 3. The number of carbonyl (C=O) groups is 1. The SMILES string of the molecule is C=C(F)C(=O)N1CC[C@@H]2[C@H]1CN2c1nc(OCC2CCCN2C)nc2c(F)c(-c3cccc4c3CCCC4)ncc12. The number of hydrogen-bond acceptors (Lipinski definition) is 7. The summed E-state index contributed by atoms with van der Waals surface area (Å²) in [5.41, 5.74) is 3.70. The molecule has 5 heterocycles. The zero-order valence-corrected chi connectivity index (χ0v) is 23.3. The second kappa shape index (κ2) is 10.3. The third kappa shape index (κ3) is 4.43. The number of likely N-dealkylation sites (N-methyl/N-ethyl adjacent to an activating group) is 1. The average Bonchev–Trinajstić information content (AvgIpc) is 3.53. The summed E-state index contributed by atoms with van der Waals surface area (Å²) in [4.78, 5) is 32.1. The number of fused-ring (bicyclic) bond motifs is 3. The molecule has 3 fully saturated rings. The van der Waals surface area contributed by atoms with E-state index in [0.29, 0.717) is 43.0 Å². The number of anilines is 1. The third-order valence-electron chi connectivity index (χ3n) is 9.43. The van der Waals surface area contributed by atoms with E-state index in [0.717, 1.165) is 56.2 Å². The maximum absolute atomic E-state index is 16.5. The van der Waals surface area contributed by atoms with Crippen LogP contribution in [0.3, 0.4) is 0 Å². The van der Waals surface area contributed by atoms with Gasteiger partial charge in [-0.05, 0) is 69.7 Å². The van der Waals surface area contributed by atoms with Gasteiger partial charge < -0.3 is 19.4 Å². The van der Waals surface area contributed by atoms with Crippen LogP contribution in [0.4, 0.5) is 14.6 Å². The van der Waals surface area contributed by atoms with E-state index in [4.69, 9.17) is 9.72 Å². The van der Waals surface area contributed by atoms with E-state index in [1.54, 1.807) is 6.20 Å². The maximum Gasteiger partial charge on any atom is 0.319 e. The number of rotatable bonds is 6. The monoisotopic (exact) mass is 560 g/mol. The Morgan fingerprint density at radius 3 is 2.78 bits per heavy atom. The highest BCUT2D eigenvalue weighted by Gasteiger charge is 2.50. The number of nitrogens with zero attached hydrogens (tertiary/aromatic N) is 6. The molecule has 214 valence electrons. The number of pyridine rings is 1. The molecule has 4 aliphatic rings. The summed E-state index contributed by atoms with van der Waals surface area (Å²) in [5.74, 6) is -1.57. The lowest BCUT2D eigenvalue weighted by Crippen LogP contribution is -2.63. The van der Waals surface area contributed by atoms with Crippen LogP contribution >= 0.6 is 0 Å². The molecule has 0 radical (unpaired) electrons. The van der Waals surface area contributed by atoms with Gasteiger partial charge in [0.2, 0.25) is 0 Å². The van der Waals surface area contributed by atoms with Crippen molar-refractivity contribution in [3.05, 3.63) is 53.7 Å². The highest BCUT2D eigenvalue weighted by atomic mass is 19.1. The number of likely N-dealkylation sites (tertiary alicyclic amines) is 2. The van der Waals surface area contributed by atoms with E-state index in [-0.39, 0.29) is 29.7 Å².